The molecule has 3 rings (SSSR count). The van der Waals surface area contributed by atoms with Crippen LogP contribution in [0, 0.1) is 0 Å². The summed E-state index contributed by atoms with van der Waals surface area (Å²) >= 11 is 0. The maximum atomic E-state index is 6.45. The topological polar surface area (TPSA) is 44.1 Å². The maximum absolute atomic E-state index is 6.45. The third-order valence-electron chi connectivity index (χ3n) is 4.33. The summed E-state index contributed by atoms with van der Waals surface area (Å²) in [6, 6.07) is 18.3. The van der Waals surface area contributed by atoms with Gasteiger partial charge < -0.3 is 4.74 Å². The van der Waals surface area contributed by atoms with Gasteiger partial charge in [-0.25, -0.2) is 9.13 Å². The van der Waals surface area contributed by atoms with Crippen molar-refractivity contribution in [3.63, 3.8) is 0 Å². The molecule has 0 aliphatic heterocycles. The fraction of sp³-hybridized carbons (Fsp3) is 0.350. The molecule has 4 nitrogen and oxygen atoms in total. The number of para-hydroxylation sites is 3. The quantitative estimate of drug-likeness (QED) is 0.506. The van der Waals surface area contributed by atoms with E-state index in [0.717, 1.165) is 31.2 Å². The van der Waals surface area contributed by atoms with Gasteiger partial charge in [-0.15, -0.1) is 0 Å². The number of nitrogens with two attached hydrogens (primary N) is 1. The first-order valence-electron chi connectivity index (χ1n) is 8.75. The van der Waals surface area contributed by atoms with Crippen molar-refractivity contribution < 1.29 is 9.30 Å². The minimum atomic E-state index is 0.599. The molecule has 0 aliphatic rings. The summed E-state index contributed by atoms with van der Waals surface area (Å²) < 4.78 is 10.2. The summed E-state index contributed by atoms with van der Waals surface area (Å²) in [5.74, 6) is 1.70. The van der Waals surface area contributed by atoms with Crippen LogP contribution in [-0.2, 0) is 13.1 Å². The Balaban J connectivity index is 1.78. The van der Waals surface area contributed by atoms with Crippen molar-refractivity contribution in [2.24, 2.45) is 0 Å². The Bertz CT molecular complexity index is 780. The lowest BCUT2D eigenvalue weighted by atomic mass is 10.2. The lowest BCUT2D eigenvalue weighted by Gasteiger charge is -2.06. The first-order chi connectivity index (χ1) is 11.8. The largest absolute Gasteiger partial charge is 0.490 e. The summed E-state index contributed by atoms with van der Waals surface area (Å²) in [7, 11) is 0. The van der Waals surface area contributed by atoms with Gasteiger partial charge in [0.25, 0.3) is 0 Å². The third-order valence-corrected chi connectivity index (χ3v) is 4.33. The lowest BCUT2D eigenvalue weighted by Crippen LogP contribution is -2.36. The maximum Gasteiger partial charge on any atom is 0.356 e. The second-order valence-corrected chi connectivity index (χ2v) is 6.02. The van der Waals surface area contributed by atoms with Crippen LogP contribution in [0.2, 0.25) is 0 Å². The van der Waals surface area contributed by atoms with Crippen LogP contribution in [0.25, 0.3) is 11.0 Å². The van der Waals surface area contributed by atoms with E-state index in [1.807, 2.05) is 30.3 Å². The lowest BCUT2D eigenvalue weighted by molar-refractivity contribution is -0.657. The first-order valence-corrected chi connectivity index (χ1v) is 8.75. The number of hydrogen-bond donors (Lipinski definition) is 1. The number of rotatable bonds is 8. The number of benzene rings is 2. The molecule has 24 heavy (non-hydrogen) atoms. The molecule has 0 unspecified atom stereocenters. The predicted molar refractivity (Wildman–Crippen MR) is 98.0 cm³/mol. The van der Waals surface area contributed by atoms with Crippen LogP contribution in [0.15, 0.2) is 54.6 Å². The highest BCUT2D eigenvalue weighted by molar-refractivity contribution is 5.73. The second-order valence-electron chi connectivity index (χ2n) is 6.02. The van der Waals surface area contributed by atoms with Crippen molar-refractivity contribution in [3.05, 3.63) is 54.6 Å². The van der Waals surface area contributed by atoms with E-state index >= 15 is 0 Å². The van der Waals surface area contributed by atoms with Crippen LogP contribution in [0.1, 0.15) is 26.2 Å². The summed E-state index contributed by atoms with van der Waals surface area (Å²) in [5, 5.41) is 0. The van der Waals surface area contributed by atoms with E-state index in [0.29, 0.717) is 6.61 Å². The van der Waals surface area contributed by atoms with E-state index in [1.165, 1.54) is 23.9 Å². The molecule has 1 heterocycles. The van der Waals surface area contributed by atoms with Gasteiger partial charge in [0.1, 0.15) is 29.9 Å². The molecule has 0 aliphatic carbocycles. The fourth-order valence-electron chi connectivity index (χ4n) is 3.07. The molecule has 0 bridgehead atoms. The molecule has 0 radical (unpaired) electrons. The molecule has 0 atom stereocenters. The number of nitrogens with zero attached hydrogens (tertiary/aromatic N) is 2. The number of imidazole rings is 1. The van der Waals surface area contributed by atoms with Crippen LogP contribution in [0.3, 0.4) is 0 Å². The number of aryl methyl sites for hydroxylation is 1. The summed E-state index contributed by atoms with van der Waals surface area (Å²) in [5.41, 5.74) is 8.82. The molecular formula is C20H26N3O+. The monoisotopic (exact) mass is 324 g/mol. The van der Waals surface area contributed by atoms with Gasteiger partial charge in [-0.2, -0.15) is 0 Å². The van der Waals surface area contributed by atoms with Gasteiger partial charge in [0.15, 0.2) is 0 Å². The standard InChI is InChI=1S/C20H25N3O/c1-2-3-9-14-22-18-12-7-8-13-19(18)23(20(22)21)15-16-24-17-10-5-4-6-11-17/h4-8,10-13,21H,2-3,9,14-16H2,1H3/p+1. The van der Waals surface area contributed by atoms with E-state index in [4.69, 9.17) is 10.5 Å². The number of hydrogen-bond acceptors (Lipinski definition) is 2. The average Bonchev–Trinajstić information content (AvgIpc) is 2.89. The number of aromatic nitrogens is 2. The summed E-state index contributed by atoms with van der Waals surface area (Å²) in [4.78, 5) is 0. The zero-order valence-electron chi connectivity index (χ0n) is 14.3. The SMILES string of the molecule is CCCCC[n+]1c(N)n(CCOc2ccccc2)c2ccccc21. The smallest absolute Gasteiger partial charge is 0.356 e. The van der Waals surface area contributed by atoms with E-state index in [1.54, 1.807) is 0 Å². The van der Waals surface area contributed by atoms with Crippen LogP contribution in [0.4, 0.5) is 5.95 Å². The van der Waals surface area contributed by atoms with Gasteiger partial charge in [0.2, 0.25) is 0 Å². The highest BCUT2D eigenvalue weighted by Crippen LogP contribution is 2.17. The molecule has 2 aromatic carbocycles. The van der Waals surface area contributed by atoms with Gasteiger partial charge in [-0.3, -0.25) is 5.73 Å². The van der Waals surface area contributed by atoms with E-state index < -0.39 is 0 Å². The Morgan fingerprint density at radius 2 is 1.75 bits per heavy atom. The summed E-state index contributed by atoms with van der Waals surface area (Å²) in [6.45, 7) is 4.52. The second kappa shape index (κ2) is 7.86. The summed E-state index contributed by atoms with van der Waals surface area (Å²) in [6.07, 6.45) is 3.59. The van der Waals surface area contributed by atoms with Gasteiger partial charge in [-0.1, -0.05) is 50.1 Å². The molecule has 4 heteroatoms. The molecule has 0 amide bonds. The molecule has 1 aromatic heterocycles. The first kappa shape index (κ1) is 16.4. The van der Waals surface area contributed by atoms with Crippen molar-refractivity contribution in [2.75, 3.05) is 12.3 Å². The Morgan fingerprint density at radius 3 is 2.54 bits per heavy atom. The van der Waals surface area contributed by atoms with Crippen molar-refractivity contribution in [2.45, 2.75) is 39.3 Å². The number of ether oxygens (including phenoxy) is 1. The Hall–Kier alpha value is -2.49. The average molecular weight is 324 g/mol. The predicted octanol–water partition coefficient (Wildman–Crippen LogP) is 3.78. The van der Waals surface area contributed by atoms with Crippen LogP contribution < -0.4 is 15.0 Å². The van der Waals surface area contributed by atoms with E-state index in [9.17, 15) is 0 Å². The zero-order chi connectivity index (χ0) is 16.8. The number of anilines is 1. The van der Waals surface area contributed by atoms with Crippen LogP contribution in [0.5, 0.6) is 5.75 Å². The molecule has 0 saturated heterocycles. The molecule has 0 saturated carbocycles. The Labute approximate surface area is 143 Å². The molecular weight excluding hydrogens is 298 g/mol. The van der Waals surface area contributed by atoms with Crippen molar-refractivity contribution >= 4 is 17.0 Å². The van der Waals surface area contributed by atoms with Gasteiger partial charge in [0.05, 0.1) is 6.54 Å². The van der Waals surface area contributed by atoms with Gasteiger partial charge >= 0.3 is 5.95 Å². The number of fused-ring (bicyclic) bond motifs is 1. The molecule has 2 N–H and O–H groups in total. The molecule has 0 spiro atoms. The molecule has 0 fully saturated rings. The normalized spacial score (nSPS) is 11.0. The Morgan fingerprint density at radius 1 is 1.00 bits per heavy atom. The Kier molecular flexibility index (Phi) is 5.36. The highest BCUT2D eigenvalue weighted by atomic mass is 16.5. The van der Waals surface area contributed by atoms with E-state index in [-0.39, 0.29) is 0 Å². The van der Waals surface area contributed by atoms with Crippen LogP contribution >= 0.6 is 0 Å². The van der Waals surface area contributed by atoms with Crippen LogP contribution in [-0.4, -0.2) is 11.2 Å². The van der Waals surface area contributed by atoms with E-state index in [2.05, 4.69) is 40.3 Å². The zero-order valence-corrected chi connectivity index (χ0v) is 14.3. The van der Waals surface area contributed by atoms with Gasteiger partial charge in [0, 0.05) is 0 Å². The van der Waals surface area contributed by atoms with Crippen molar-refractivity contribution in [1.82, 2.24) is 4.57 Å². The minimum absolute atomic E-state index is 0.599. The fourth-order valence-corrected chi connectivity index (χ4v) is 3.07. The number of unbranched alkanes of at least 4 members (excludes halogenated alkanes) is 2. The highest BCUT2D eigenvalue weighted by Gasteiger charge is 2.20. The molecule has 126 valence electrons. The third kappa shape index (κ3) is 3.53. The van der Waals surface area contributed by atoms with Crippen molar-refractivity contribution in [3.8, 4) is 5.75 Å². The van der Waals surface area contributed by atoms with Gasteiger partial charge in [-0.05, 0) is 30.7 Å². The minimum Gasteiger partial charge on any atom is -0.490 e. The molecule has 3 aromatic rings. The van der Waals surface area contributed by atoms with Crippen molar-refractivity contribution in [1.29, 1.82) is 0 Å². The number of nitrogen functional groups attached to an aromatic ring is 1.